The van der Waals surface area contributed by atoms with E-state index in [1.165, 1.54) is 19.1 Å². The topological polar surface area (TPSA) is 114 Å². The SMILES string of the molecule is CC[C@@H](c1cccc(C(C)=O)c1)N(C)C(=O)/C=C\C(=N)c1cccc(CN(C(=N)N)c2ccccc2C)c1. The molecule has 7 nitrogen and oxygen atoms in total. The summed E-state index contributed by atoms with van der Waals surface area (Å²) in [5.74, 6) is -0.308. The number of nitrogens with zero attached hydrogens (tertiary/aromatic N) is 2. The minimum atomic E-state index is -0.228. The molecule has 38 heavy (non-hydrogen) atoms. The van der Waals surface area contributed by atoms with Gasteiger partial charge in [0.1, 0.15) is 0 Å². The minimum absolute atomic E-state index is 0.0171. The molecular weight excluding hydrogens is 474 g/mol. The molecule has 0 heterocycles. The van der Waals surface area contributed by atoms with E-state index in [1.54, 1.807) is 22.9 Å². The number of likely N-dealkylation sites (N-methyl/N-ethyl adjacent to an activating group) is 1. The number of anilines is 1. The average Bonchev–Trinajstić information content (AvgIpc) is 2.91. The summed E-state index contributed by atoms with van der Waals surface area (Å²) in [5, 5.41) is 16.6. The number of aryl methyl sites for hydroxylation is 1. The number of allylic oxidation sites excluding steroid dienone is 1. The van der Waals surface area contributed by atoms with E-state index >= 15 is 0 Å². The van der Waals surface area contributed by atoms with Crippen LogP contribution in [0.3, 0.4) is 0 Å². The number of para-hydroxylation sites is 1. The highest BCUT2D eigenvalue weighted by Gasteiger charge is 2.19. The number of ketones is 1. The Bertz CT molecular complexity index is 1380. The predicted molar refractivity (Wildman–Crippen MR) is 154 cm³/mol. The third-order valence-electron chi connectivity index (χ3n) is 6.55. The van der Waals surface area contributed by atoms with Crippen LogP contribution in [0.5, 0.6) is 0 Å². The molecule has 3 aromatic carbocycles. The Kier molecular flexibility index (Phi) is 9.33. The maximum absolute atomic E-state index is 13.0. The molecule has 0 aliphatic heterocycles. The van der Waals surface area contributed by atoms with Crippen LogP contribution in [0.4, 0.5) is 5.69 Å². The van der Waals surface area contributed by atoms with Crippen molar-refractivity contribution in [3.05, 3.63) is 113 Å². The average molecular weight is 510 g/mol. The molecule has 0 bridgehead atoms. The van der Waals surface area contributed by atoms with Crippen molar-refractivity contribution in [2.75, 3.05) is 11.9 Å². The monoisotopic (exact) mass is 509 g/mol. The van der Waals surface area contributed by atoms with Crippen LogP contribution in [-0.2, 0) is 11.3 Å². The molecule has 0 aliphatic rings. The van der Waals surface area contributed by atoms with Gasteiger partial charge in [-0.05, 0) is 66.8 Å². The summed E-state index contributed by atoms with van der Waals surface area (Å²) in [5.41, 5.74) is 11.0. The zero-order chi connectivity index (χ0) is 27.8. The fraction of sp³-hybridized carbons (Fsp3) is 0.226. The van der Waals surface area contributed by atoms with Crippen LogP contribution in [0.25, 0.3) is 0 Å². The second-order valence-corrected chi connectivity index (χ2v) is 9.26. The van der Waals surface area contributed by atoms with E-state index in [0.29, 0.717) is 24.1 Å². The Labute approximate surface area is 224 Å². The zero-order valence-corrected chi connectivity index (χ0v) is 22.4. The molecule has 4 N–H and O–H groups in total. The van der Waals surface area contributed by atoms with Crippen molar-refractivity contribution in [3.63, 3.8) is 0 Å². The van der Waals surface area contributed by atoms with E-state index in [4.69, 9.17) is 16.6 Å². The van der Waals surface area contributed by atoms with Gasteiger partial charge in [-0.2, -0.15) is 0 Å². The van der Waals surface area contributed by atoms with Gasteiger partial charge < -0.3 is 20.9 Å². The molecule has 0 saturated carbocycles. The normalized spacial score (nSPS) is 11.7. The van der Waals surface area contributed by atoms with Crippen LogP contribution < -0.4 is 10.6 Å². The van der Waals surface area contributed by atoms with Crippen molar-refractivity contribution in [2.45, 2.75) is 39.8 Å². The van der Waals surface area contributed by atoms with Gasteiger partial charge in [-0.1, -0.05) is 61.5 Å². The number of rotatable bonds is 10. The summed E-state index contributed by atoms with van der Waals surface area (Å²) in [4.78, 5) is 28.1. The molecule has 0 spiro atoms. The van der Waals surface area contributed by atoms with E-state index in [2.05, 4.69) is 0 Å². The number of nitrogens with one attached hydrogen (secondary N) is 2. The van der Waals surface area contributed by atoms with Gasteiger partial charge in [0.05, 0.1) is 18.3 Å². The van der Waals surface area contributed by atoms with Gasteiger partial charge in [0.15, 0.2) is 11.7 Å². The molecular formula is C31H35N5O2. The molecule has 0 fully saturated rings. The fourth-order valence-corrected chi connectivity index (χ4v) is 4.41. The first-order chi connectivity index (χ1) is 18.1. The zero-order valence-electron chi connectivity index (χ0n) is 22.4. The third-order valence-corrected chi connectivity index (χ3v) is 6.55. The summed E-state index contributed by atoms with van der Waals surface area (Å²) in [6.07, 6.45) is 3.59. The smallest absolute Gasteiger partial charge is 0.246 e. The molecule has 196 valence electrons. The van der Waals surface area contributed by atoms with E-state index < -0.39 is 0 Å². The molecule has 1 amide bonds. The second-order valence-electron chi connectivity index (χ2n) is 9.26. The largest absolute Gasteiger partial charge is 0.370 e. The van der Waals surface area contributed by atoms with Crippen LogP contribution >= 0.6 is 0 Å². The van der Waals surface area contributed by atoms with Gasteiger partial charge in [0.25, 0.3) is 0 Å². The predicted octanol–water partition coefficient (Wildman–Crippen LogP) is 5.63. The number of hydrogen-bond acceptors (Lipinski definition) is 4. The maximum atomic E-state index is 13.0. The molecule has 7 heteroatoms. The molecule has 1 atom stereocenters. The highest BCUT2D eigenvalue weighted by atomic mass is 16.2. The molecule has 3 rings (SSSR count). The van der Waals surface area contributed by atoms with Gasteiger partial charge in [0.2, 0.25) is 5.91 Å². The van der Waals surface area contributed by atoms with Gasteiger partial charge in [0, 0.05) is 24.4 Å². The first-order valence-corrected chi connectivity index (χ1v) is 12.5. The van der Waals surface area contributed by atoms with Crippen LogP contribution in [0, 0.1) is 17.7 Å². The van der Waals surface area contributed by atoms with E-state index in [1.807, 2.05) is 80.6 Å². The number of Topliss-reactive ketones (excluding diaryl/α,β-unsaturated/α-hetero) is 1. The van der Waals surface area contributed by atoms with E-state index in [0.717, 1.165) is 22.4 Å². The van der Waals surface area contributed by atoms with Crippen LogP contribution in [0.1, 0.15) is 58.9 Å². The highest BCUT2D eigenvalue weighted by Crippen LogP contribution is 2.25. The third kappa shape index (κ3) is 6.82. The van der Waals surface area contributed by atoms with Crippen molar-refractivity contribution in [3.8, 4) is 0 Å². The molecule has 0 saturated heterocycles. The summed E-state index contributed by atoms with van der Waals surface area (Å²) < 4.78 is 0. The summed E-state index contributed by atoms with van der Waals surface area (Å²) in [6, 6.07) is 22.4. The lowest BCUT2D eigenvalue weighted by Gasteiger charge is -2.27. The Morgan fingerprint density at radius 1 is 0.947 bits per heavy atom. The number of amides is 1. The van der Waals surface area contributed by atoms with Crippen molar-refractivity contribution in [2.24, 2.45) is 5.73 Å². The summed E-state index contributed by atoms with van der Waals surface area (Å²) in [7, 11) is 1.73. The quantitative estimate of drug-likeness (QED) is 0.142. The van der Waals surface area contributed by atoms with Crippen molar-refractivity contribution < 1.29 is 9.59 Å². The van der Waals surface area contributed by atoms with Gasteiger partial charge in [-0.15, -0.1) is 0 Å². The second kappa shape index (κ2) is 12.6. The Morgan fingerprint density at radius 2 is 1.63 bits per heavy atom. The fourth-order valence-electron chi connectivity index (χ4n) is 4.41. The Morgan fingerprint density at radius 3 is 2.29 bits per heavy atom. The first kappa shape index (κ1) is 28.1. The molecule has 0 aliphatic carbocycles. The lowest BCUT2D eigenvalue weighted by Crippen LogP contribution is -2.36. The number of nitrogens with two attached hydrogens (primary N) is 1. The van der Waals surface area contributed by atoms with Gasteiger partial charge in [-0.25, -0.2) is 0 Å². The summed E-state index contributed by atoms with van der Waals surface area (Å²) >= 11 is 0. The molecule has 0 radical (unpaired) electrons. The number of carbonyl (C=O) groups excluding carboxylic acids is 2. The highest BCUT2D eigenvalue weighted by molar-refractivity contribution is 6.09. The van der Waals surface area contributed by atoms with Gasteiger partial charge in [-0.3, -0.25) is 15.0 Å². The summed E-state index contributed by atoms with van der Waals surface area (Å²) in [6.45, 7) is 5.87. The number of carbonyl (C=O) groups is 2. The van der Waals surface area contributed by atoms with Crippen molar-refractivity contribution in [1.29, 1.82) is 10.8 Å². The molecule has 3 aromatic rings. The van der Waals surface area contributed by atoms with E-state index in [9.17, 15) is 9.59 Å². The van der Waals surface area contributed by atoms with Crippen molar-refractivity contribution >= 4 is 29.0 Å². The van der Waals surface area contributed by atoms with Crippen molar-refractivity contribution in [1.82, 2.24) is 4.90 Å². The Hall–Kier alpha value is -4.52. The number of hydrogen-bond donors (Lipinski definition) is 3. The standard InChI is InChI=1S/C31H35N5O2/c1-5-28(26-14-9-12-24(19-26)22(3)37)35(4)30(38)17-16-27(32)25-13-8-11-23(18-25)20-36(31(33)34)29-15-7-6-10-21(29)2/h6-19,28,32H,5,20H2,1-4H3,(H3,33,34)/b17-16-,32-27?/t28-/m0/s1. The van der Waals surface area contributed by atoms with Crippen LogP contribution in [0.2, 0.25) is 0 Å². The van der Waals surface area contributed by atoms with Gasteiger partial charge >= 0.3 is 0 Å². The Balaban J connectivity index is 1.74. The minimum Gasteiger partial charge on any atom is -0.370 e. The van der Waals surface area contributed by atoms with Crippen LogP contribution in [0.15, 0.2) is 84.9 Å². The number of guanidine groups is 1. The first-order valence-electron chi connectivity index (χ1n) is 12.5. The maximum Gasteiger partial charge on any atom is 0.246 e. The molecule has 0 aromatic heterocycles. The number of benzene rings is 3. The lowest BCUT2D eigenvalue weighted by atomic mass is 9.99. The lowest BCUT2D eigenvalue weighted by molar-refractivity contribution is -0.127. The van der Waals surface area contributed by atoms with Crippen LogP contribution in [-0.4, -0.2) is 35.3 Å². The molecule has 0 unspecified atom stereocenters. The van der Waals surface area contributed by atoms with E-state index in [-0.39, 0.29) is 29.4 Å².